The first kappa shape index (κ1) is 20.7. The van der Waals surface area contributed by atoms with Crippen LogP contribution in [0.25, 0.3) is 22.2 Å². The maximum atomic E-state index is 12.8. The van der Waals surface area contributed by atoms with Crippen molar-refractivity contribution in [2.24, 2.45) is 0 Å². The van der Waals surface area contributed by atoms with Gasteiger partial charge in [-0.15, -0.1) is 0 Å². The van der Waals surface area contributed by atoms with Gasteiger partial charge in [-0.3, -0.25) is 9.89 Å². The van der Waals surface area contributed by atoms with Crippen LogP contribution in [-0.4, -0.2) is 47.4 Å². The summed E-state index contributed by atoms with van der Waals surface area (Å²) in [5.74, 6) is -0.323. The van der Waals surface area contributed by atoms with Crippen LogP contribution < -0.4 is 10.2 Å². The number of nitrogens with zero attached hydrogens (tertiary/aromatic N) is 4. The largest absolute Gasteiger partial charge is 0.378 e. The standard InChI is InChI=1S/C25H22N6O2/c1-16-12-17(14-26)15-27-23(16)25(32)28-19-4-7-22-21(13-19)24(30-29-22)18-2-5-20(6-3-18)31-8-10-33-11-9-31/h2-7,12-13,15H,8-11H2,1H3,(H,28,32)(H,29,30). The van der Waals surface area contributed by atoms with Crippen molar-refractivity contribution < 1.29 is 9.53 Å². The number of aryl methyl sites for hydroxylation is 1. The summed E-state index contributed by atoms with van der Waals surface area (Å²) in [5, 5.41) is 20.4. The number of hydrogen-bond donors (Lipinski definition) is 2. The van der Waals surface area contributed by atoms with Gasteiger partial charge in [0.1, 0.15) is 11.8 Å². The van der Waals surface area contributed by atoms with Crippen LogP contribution in [0.5, 0.6) is 0 Å². The van der Waals surface area contributed by atoms with Crippen molar-refractivity contribution in [3.8, 4) is 17.3 Å². The molecule has 1 fully saturated rings. The Morgan fingerprint density at radius 2 is 1.94 bits per heavy atom. The fourth-order valence-corrected chi connectivity index (χ4v) is 4.03. The minimum Gasteiger partial charge on any atom is -0.378 e. The number of hydrogen-bond acceptors (Lipinski definition) is 6. The van der Waals surface area contributed by atoms with Crippen LogP contribution in [0.1, 0.15) is 21.6 Å². The zero-order valence-corrected chi connectivity index (χ0v) is 18.1. The number of pyridine rings is 1. The number of aromatic nitrogens is 3. The van der Waals surface area contributed by atoms with Crippen LogP contribution in [-0.2, 0) is 4.74 Å². The number of anilines is 2. The molecular weight excluding hydrogens is 416 g/mol. The van der Waals surface area contributed by atoms with E-state index in [1.807, 2.05) is 24.3 Å². The van der Waals surface area contributed by atoms with Gasteiger partial charge in [0.25, 0.3) is 5.91 Å². The molecule has 0 atom stereocenters. The number of benzene rings is 2. The molecule has 0 spiro atoms. The lowest BCUT2D eigenvalue weighted by Gasteiger charge is -2.28. The monoisotopic (exact) mass is 438 g/mol. The van der Waals surface area contributed by atoms with Gasteiger partial charge >= 0.3 is 0 Å². The third-order valence-corrected chi connectivity index (χ3v) is 5.76. The fourth-order valence-electron chi connectivity index (χ4n) is 4.03. The second-order valence-electron chi connectivity index (χ2n) is 7.93. The van der Waals surface area contributed by atoms with Crippen molar-refractivity contribution in [1.29, 1.82) is 5.26 Å². The number of H-pyrrole nitrogens is 1. The second kappa shape index (κ2) is 8.73. The van der Waals surface area contributed by atoms with E-state index < -0.39 is 0 Å². The van der Waals surface area contributed by atoms with Crippen molar-refractivity contribution in [1.82, 2.24) is 15.2 Å². The minimum atomic E-state index is -0.323. The normalized spacial score (nSPS) is 13.6. The highest BCUT2D eigenvalue weighted by Crippen LogP contribution is 2.30. The number of nitrogens with one attached hydrogen (secondary N) is 2. The molecule has 0 aliphatic carbocycles. The summed E-state index contributed by atoms with van der Waals surface area (Å²) in [7, 11) is 0. The first-order chi connectivity index (χ1) is 16.1. The minimum absolute atomic E-state index is 0.292. The fraction of sp³-hybridized carbons (Fsp3) is 0.200. The van der Waals surface area contributed by atoms with Gasteiger partial charge in [0, 0.05) is 41.6 Å². The molecule has 0 radical (unpaired) electrons. The number of nitriles is 1. The molecule has 1 amide bonds. The summed E-state index contributed by atoms with van der Waals surface area (Å²) < 4.78 is 5.43. The summed E-state index contributed by atoms with van der Waals surface area (Å²) in [5.41, 5.74) is 5.87. The number of rotatable bonds is 4. The zero-order chi connectivity index (χ0) is 22.8. The highest BCUT2D eigenvalue weighted by Gasteiger charge is 2.15. The Morgan fingerprint density at radius 3 is 2.67 bits per heavy atom. The number of ether oxygens (including phenoxy) is 1. The lowest BCUT2D eigenvalue weighted by Crippen LogP contribution is -2.36. The molecule has 0 saturated carbocycles. The number of carbonyl (C=O) groups excluding carboxylic acids is 1. The Balaban J connectivity index is 1.40. The number of carbonyl (C=O) groups is 1. The van der Waals surface area contributed by atoms with E-state index in [1.165, 1.54) is 11.9 Å². The first-order valence-corrected chi connectivity index (χ1v) is 10.7. The molecule has 33 heavy (non-hydrogen) atoms. The third kappa shape index (κ3) is 4.14. The van der Waals surface area contributed by atoms with Crippen LogP contribution >= 0.6 is 0 Å². The second-order valence-corrected chi connectivity index (χ2v) is 7.93. The van der Waals surface area contributed by atoms with Crippen LogP contribution in [0.15, 0.2) is 54.7 Å². The van der Waals surface area contributed by atoms with E-state index >= 15 is 0 Å². The Labute approximate surface area is 190 Å². The average Bonchev–Trinajstić information content (AvgIpc) is 3.28. The predicted octanol–water partition coefficient (Wildman–Crippen LogP) is 3.89. The number of aromatic amines is 1. The van der Waals surface area contributed by atoms with Crippen molar-refractivity contribution >= 4 is 28.2 Å². The molecule has 2 N–H and O–H groups in total. The van der Waals surface area contributed by atoms with Crippen molar-refractivity contribution in [3.63, 3.8) is 0 Å². The molecule has 2 aromatic carbocycles. The summed E-state index contributed by atoms with van der Waals surface area (Å²) in [6.45, 7) is 5.04. The van der Waals surface area contributed by atoms with Crippen LogP contribution in [0.2, 0.25) is 0 Å². The van der Waals surface area contributed by atoms with E-state index in [9.17, 15) is 4.79 Å². The van der Waals surface area contributed by atoms with E-state index in [-0.39, 0.29) is 5.91 Å². The molecule has 2 aromatic heterocycles. The highest BCUT2D eigenvalue weighted by atomic mass is 16.5. The van der Waals surface area contributed by atoms with Gasteiger partial charge in [-0.2, -0.15) is 10.4 Å². The molecule has 1 aliphatic heterocycles. The predicted molar refractivity (Wildman–Crippen MR) is 126 cm³/mol. The van der Waals surface area contributed by atoms with E-state index in [0.717, 1.165) is 48.5 Å². The van der Waals surface area contributed by atoms with E-state index in [1.54, 1.807) is 13.0 Å². The Hall–Kier alpha value is -4.22. The van der Waals surface area contributed by atoms with E-state index in [4.69, 9.17) is 10.00 Å². The number of morpholine rings is 1. The molecule has 1 saturated heterocycles. The summed E-state index contributed by atoms with van der Waals surface area (Å²) in [6, 6.07) is 17.6. The van der Waals surface area contributed by atoms with E-state index in [0.29, 0.717) is 22.5 Å². The van der Waals surface area contributed by atoms with Gasteiger partial charge in [0.15, 0.2) is 0 Å². The first-order valence-electron chi connectivity index (χ1n) is 10.7. The molecule has 1 aliphatic rings. The quantitative estimate of drug-likeness (QED) is 0.501. The maximum Gasteiger partial charge on any atom is 0.274 e. The summed E-state index contributed by atoms with van der Waals surface area (Å²) in [6.07, 6.45) is 1.40. The zero-order valence-electron chi connectivity index (χ0n) is 18.1. The van der Waals surface area contributed by atoms with Gasteiger partial charge < -0.3 is 15.0 Å². The van der Waals surface area contributed by atoms with Gasteiger partial charge in [-0.05, 0) is 48.9 Å². The summed E-state index contributed by atoms with van der Waals surface area (Å²) in [4.78, 5) is 19.2. The average molecular weight is 438 g/mol. The molecule has 0 bridgehead atoms. The topological polar surface area (TPSA) is 107 Å². The maximum absolute atomic E-state index is 12.8. The molecular formula is C25H22N6O2. The Bertz CT molecular complexity index is 1360. The van der Waals surface area contributed by atoms with Crippen molar-refractivity contribution in [3.05, 3.63) is 71.5 Å². The number of fused-ring (bicyclic) bond motifs is 1. The van der Waals surface area contributed by atoms with Crippen LogP contribution in [0, 0.1) is 18.3 Å². The molecule has 4 aromatic rings. The van der Waals surface area contributed by atoms with E-state index in [2.05, 4.69) is 49.7 Å². The highest BCUT2D eigenvalue weighted by molar-refractivity contribution is 6.05. The lowest BCUT2D eigenvalue weighted by atomic mass is 10.1. The van der Waals surface area contributed by atoms with Crippen LogP contribution in [0.3, 0.4) is 0 Å². The molecule has 3 heterocycles. The van der Waals surface area contributed by atoms with Gasteiger partial charge in [-0.25, -0.2) is 4.98 Å². The molecule has 164 valence electrons. The van der Waals surface area contributed by atoms with Gasteiger partial charge in [0.05, 0.1) is 30.0 Å². The van der Waals surface area contributed by atoms with Crippen LogP contribution in [0.4, 0.5) is 11.4 Å². The third-order valence-electron chi connectivity index (χ3n) is 5.76. The lowest BCUT2D eigenvalue weighted by molar-refractivity contribution is 0.102. The Morgan fingerprint density at radius 1 is 1.15 bits per heavy atom. The summed E-state index contributed by atoms with van der Waals surface area (Å²) >= 11 is 0. The van der Waals surface area contributed by atoms with Crippen molar-refractivity contribution in [2.75, 3.05) is 36.5 Å². The van der Waals surface area contributed by atoms with Gasteiger partial charge in [-0.1, -0.05) is 12.1 Å². The van der Waals surface area contributed by atoms with Crippen molar-refractivity contribution in [2.45, 2.75) is 6.92 Å². The number of amides is 1. The molecule has 8 nitrogen and oxygen atoms in total. The SMILES string of the molecule is Cc1cc(C#N)cnc1C(=O)Nc1ccc2[nH]nc(-c3ccc(N4CCOCC4)cc3)c2c1. The Kier molecular flexibility index (Phi) is 5.47. The molecule has 0 unspecified atom stereocenters. The molecule has 5 rings (SSSR count). The smallest absolute Gasteiger partial charge is 0.274 e. The van der Waals surface area contributed by atoms with Gasteiger partial charge in [0.2, 0.25) is 0 Å². The molecule has 8 heteroatoms.